The minimum atomic E-state index is -3.91. The largest absolute Gasteiger partial charge is 0.396 e. The zero-order chi connectivity index (χ0) is 15.2. The molecule has 2 saturated heterocycles. The fraction of sp³-hybridized carbons (Fsp3) is 0.538. The Labute approximate surface area is 128 Å². The molecule has 1 unspecified atom stereocenters. The van der Waals surface area contributed by atoms with Crippen LogP contribution >= 0.6 is 11.6 Å². The Hall–Kier alpha value is -0.890. The van der Waals surface area contributed by atoms with Crippen molar-refractivity contribution in [2.75, 3.05) is 31.9 Å². The van der Waals surface area contributed by atoms with Crippen molar-refractivity contribution in [1.82, 2.24) is 9.21 Å². The maximum absolute atomic E-state index is 14.1. The van der Waals surface area contributed by atoms with Crippen LogP contribution in [0, 0.1) is 5.82 Å². The normalized spacial score (nSPS) is 24.2. The average molecular weight is 334 g/mol. The number of sulfonamides is 1. The summed E-state index contributed by atoms with van der Waals surface area (Å²) in [6.45, 7) is 2.46. The van der Waals surface area contributed by atoms with E-state index in [1.807, 2.05) is 0 Å². The second kappa shape index (κ2) is 5.39. The maximum Gasteiger partial charge on any atom is 0.246 e. The van der Waals surface area contributed by atoms with E-state index in [1.165, 1.54) is 10.4 Å². The molecule has 21 heavy (non-hydrogen) atoms. The molecule has 8 heteroatoms. The van der Waals surface area contributed by atoms with Crippen LogP contribution in [-0.4, -0.2) is 49.8 Å². The Bertz CT molecular complexity index is 668. The number of nitrogen functional groups attached to an aromatic ring is 1. The molecule has 0 bridgehead atoms. The summed E-state index contributed by atoms with van der Waals surface area (Å²) in [5, 5.41) is 0.118. The molecule has 0 aromatic heterocycles. The Morgan fingerprint density at radius 2 is 2.05 bits per heavy atom. The zero-order valence-electron chi connectivity index (χ0n) is 11.4. The molecule has 0 amide bonds. The Morgan fingerprint density at radius 1 is 1.29 bits per heavy atom. The van der Waals surface area contributed by atoms with Crippen molar-refractivity contribution in [3.63, 3.8) is 0 Å². The van der Waals surface area contributed by atoms with Crippen LogP contribution in [0.2, 0.25) is 5.02 Å². The first-order chi connectivity index (χ1) is 9.89. The van der Waals surface area contributed by atoms with Gasteiger partial charge in [-0.2, -0.15) is 4.31 Å². The lowest BCUT2D eigenvalue weighted by Crippen LogP contribution is -2.52. The second-order valence-corrected chi connectivity index (χ2v) is 7.85. The van der Waals surface area contributed by atoms with Crippen LogP contribution in [0.3, 0.4) is 0 Å². The van der Waals surface area contributed by atoms with Gasteiger partial charge in [-0.25, -0.2) is 12.8 Å². The molecule has 0 spiro atoms. The molecule has 2 aliphatic rings. The number of hydrogen-bond donors (Lipinski definition) is 1. The highest BCUT2D eigenvalue weighted by molar-refractivity contribution is 7.89. The number of fused-ring (bicyclic) bond motifs is 1. The van der Waals surface area contributed by atoms with E-state index < -0.39 is 20.7 Å². The van der Waals surface area contributed by atoms with Crippen LogP contribution in [0.1, 0.15) is 12.8 Å². The molecule has 0 saturated carbocycles. The predicted octanol–water partition coefficient (Wildman–Crippen LogP) is 1.53. The van der Waals surface area contributed by atoms with Crippen molar-refractivity contribution in [1.29, 1.82) is 0 Å². The number of nitrogens with zero attached hydrogens (tertiary/aromatic N) is 2. The van der Waals surface area contributed by atoms with Crippen LogP contribution in [0.15, 0.2) is 17.0 Å². The lowest BCUT2D eigenvalue weighted by atomic mass is 10.2. The molecule has 3 rings (SSSR count). The van der Waals surface area contributed by atoms with Crippen molar-refractivity contribution >= 4 is 27.3 Å². The lowest BCUT2D eigenvalue weighted by molar-refractivity contribution is 0.158. The van der Waals surface area contributed by atoms with Crippen LogP contribution in [-0.2, 0) is 10.0 Å². The van der Waals surface area contributed by atoms with E-state index in [0.29, 0.717) is 19.6 Å². The van der Waals surface area contributed by atoms with Gasteiger partial charge in [-0.15, -0.1) is 0 Å². The molecule has 116 valence electrons. The Morgan fingerprint density at radius 3 is 2.81 bits per heavy atom. The summed E-state index contributed by atoms with van der Waals surface area (Å²) in [5.74, 6) is -0.923. The summed E-state index contributed by atoms with van der Waals surface area (Å²) < 4.78 is 40.7. The van der Waals surface area contributed by atoms with Gasteiger partial charge < -0.3 is 5.73 Å². The maximum atomic E-state index is 14.1. The first kappa shape index (κ1) is 15.0. The first-order valence-electron chi connectivity index (χ1n) is 6.88. The van der Waals surface area contributed by atoms with Gasteiger partial charge >= 0.3 is 0 Å². The standard InChI is InChI=1S/C13H17ClFN3O2S/c14-9-6-11(16)13(15)12(7-9)21(19,20)18-5-4-17-3-1-2-10(17)8-18/h6-7,10H,1-5,8,16H2. The minimum Gasteiger partial charge on any atom is -0.396 e. The third kappa shape index (κ3) is 2.63. The molecule has 0 radical (unpaired) electrons. The molecular formula is C13H17ClFN3O2S. The van der Waals surface area contributed by atoms with E-state index in [2.05, 4.69) is 4.90 Å². The smallest absolute Gasteiger partial charge is 0.246 e. The monoisotopic (exact) mass is 333 g/mol. The zero-order valence-corrected chi connectivity index (χ0v) is 13.0. The molecule has 0 aliphatic carbocycles. The third-order valence-electron chi connectivity index (χ3n) is 4.20. The van der Waals surface area contributed by atoms with Crippen molar-refractivity contribution in [3.05, 3.63) is 23.0 Å². The first-order valence-corrected chi connectivity index (χ1v) is 8.70. The van der Waals surface area contributed by atoms with Crippen LogP contribution in [0.5, 0.6) is 0 Å². The topological polar surface area (TPSA) is 66.6 Å². The van der Waals surface area contributed by atoms with E-state index in [1.54, 1.807) is 0 Å². The van der Waals surface area contributed by atoms with Crippen LogP contribution in [0.4, 0.5) is 10.1 Å². The molecule has 2 N–H and O–H groups in total. The van der Waals surface area contributed by atoms with Gasteiger partial charge in [0, 0.05) is 30.7 Å². The van der Waals surface area contributed by atoms with Gasteiger partial charge in [0.25, 0.3) is 0 Å². The van der Waals surface area contributed by atoms with Crippen molar-refractivity contribution in [2.24, 2.45) is 0 Å². The summed E-state index contributed by atoms with van der Waals surface area (Å²) in [6.07, 6.45) is 2.06. The summed E-state index contributed by atoms with van der Waals surface area (Å²) >= 11 is 5.82. The number of halogens is 2. The quantitative estimate of drug-likeness (QED) is 0.834. The van der Waals surface area contributed by atoms with E-state index in [4.69, 9.17) is 17.3 Å². The van der Waals surface area contributed by atoms with Gasteiger partial charge in [-0.05, 0) is 31.5 Å². The molecule has 5 nitrogen and oxygen atoms in total. The molecule has 1 aromatic rings. The number of hydrogen-bond acceptors (Lipinski definition) is 4. The fourth-order valence-electron chi connectivity index (χ4n) is 3.09. The van der Waals surface area contributed by atoms with Gasteiger partial charge in [0.15, 0.2) is 5.82 Å². The number of nitrogens with two attached hydrogens (primary N) is 1. The molecule has 2 aliphatic heterocycles. The van der Waals surface area contributed by atoms with E-state index in [0.717, 1.165) is 25.5 Å². The summed E-state index contributed by atoms with van der Waals surface area (Å²) in [5.41, 5.74) is 5.23. The van der Waals surface area contributed by atoms with Gasteiger partial charge in [0.1, 0.15) is 4.90 Å². The molecule has 2 fully saturated rings. The minimum absolute atomic E-state index is 0.118. The summed E-state index contributed by atoms with van der Waals surface area (Å²) in [7, 11) is -3.91. The van der Waals surface area contributed by atoms with E-state index in [9.17, 15) is 12.8 Å². The summed E-state index contributed by atoms with van der Waals surface area (Å²) in [6, 6.07) is 2.57. The third-order valence-corrected chi connectivity index (χ3v) is 6.28. The number of rotatable bonds is 2. The average Bonchev–Trinajstić information content (AvgIpc) is 2.89. The van der Waals surface area contributed by atoms with Crippen molar-refractivity contribution in [3.8, 4) is 0 Å². The molecule has 1 atom stereocenters. The van der Waals surface area contributed by atoms with Gasteiger partial charge in [-0.1, -0.05) is 11.6 Å². The highest BCUT2D eigenvalue weighted by Crippen LogP contribution is 2.30. The van der Waals surface area contributed by atoms with Gasteiger partial charge in [0.05, 0.1) is 5.69 Å². The van der Waals surface area contributed by atoms with Crippen molar-refractivity contribution in [2.45, 2.75) is 23.8 Å². The Kier molecular flexibility index (Phi) is 3.85. The van der Waals surface area contributed by atoms with Gasteiger partial charge in [0.2, 0.25) is 10.0 Å². The fourth-order valence-corrected chi connectivity index (χ4v) is 4.97. The summed E-state index contributed by atoms with van der Waals surface area (Å²) in [4.78, 5) is 1.85. The Balaban J connectivity index is 1.94. The van der Waals surface area contributed by atoms with Gasteiger partial charge in [-0.3, -0.25) is 4.90 Å². The van der Waals surface area contributed by atoms with Crippen LogP contribution in [0.25, 0.3) is 0 Å². The highest BCUT2D eigenvalue weighted by Gasteiger charge is 2.37. The highest BCUT2D eigenvalue weighted by atomic mass is 35.5. The molecule has 1 aromatic carbocycles. The number of anilines is 1. The molecule has 2 heterocycles. The molecular weight excluding hydrogens is 317 g/mol. The second-order valence-electron chi connectivity index (χ2n) is 5.50. The van der Waals surface area contributed by atoms with E-state index in [-0.39, 0.29) is 16.8 Å². The van der Waals surface area contributed by atoms with Crippen molar-refractivity contribution < 1.29 is 12.8 Å². The lowest BCUT2D eigenvalue weighted by Gasteiger charge is -2.36. The SMILES string of the molecule is Nc1cc(Cl)cc(S(=O)(=O)N2CCN3CCCC3C2)c1F. The van der Waals surface area contributed by atoms with Crippen LogP contribution < -0.4 is 5.73 Å². The predicted molar refractivity (Wildman–Crippen MR) is 79.2 cm³/mol. The number of benzene rings is 1. The van der Waals surface area contributed by atoms with E-state index >= 15 is 0 Å². The number of piperazine rings is 1.